The first-order valence-electron chi connectivity index (χ1n) is 15.9. The monoisotopic (exact) mass is 645 g/mol. The number of hydrogen-bond donors (Lipinski definition) is 2. The molecule has 2 N–H and O–H groups in total. The Morgan fingerprint density at radius 3 is 1.96 bits per heavy atom. The van der Waals surface area contributed by atoms with E-state index in [1.54, 1.807) is 24.3 Å². The van der Waals surface area contributed by atoms with Gasteiger partial charge >= 0.3 is 17.7 Å². The molecular formula is C36H52ClNO7. The van der Waals surface area contributed by atoms with Crippen LogP contribution in [0.25, 0.3) is 0 Å². The average Bonchev–Trinajstić information content (AvgIpc) is 3.32. The van der Waals surface area contributed by atoms with E-state index in [4.69, 9.17) is 30.5 Å². The van der Waals surface area contributed by atoms with Crippen LogP contribution in [0.3, 0.4) is 0 Å². The zero-order chi connectivity index (χ0) is 33.6. The lowest BCUT2D eigenvalue weighted by molar-refractivity contribution is -0.206. The zero-order valence-electron chi connectivity index (χ0n) is 28.4. The number of benzene rings is 2. The van der Waals surface area contributed by atoms with Crippen molar-refractivity contribution in [3.8, 4) is 11.5 Å². The number of rotatable bonds is 16. The zero-order valence-corrected chi connectivity index (χ0v) is 29.1. The maximum atomic E-state index is 13.6. The molecule has 0 aromatic heterocycles. The summed E-state index contributed by atoms with van der Waals surface area (Å²) in [5, 5.41) is 14.5. The predicted molar refractivity (Wildman–Crippen MR) is 176 cm³/mol. The highest BCUT2D eigenvalue weighted by atomic mass is 35.5. The van der Waals surface area contributed by atoms with Crippen molar-refractivity contribution in [2.45, 2.75) is 99.5 Å². The van der Waals surface area contributed by atoms with E-state index in [2.05, 4.69) is 33.0 Å². The minimum Gasteiger partial charge on any atom is -0.459 e. The van der Waals surface area contributed by atoms with E-state index >= 15 is 0 Å². The third kappa shape index (κ3) is 10.6. The Labute approximate surface area is 274 Å². The largest absolute Gasteiger partial charge is 0.459 e. The van der Waals surface area contributed by atoms with Crippen LogP contribution in [0.5, 0.6) is 11.5 Å². The summed E-state index contributed by atoms with van der Waals surface area (Å²) in [5.74, 6) is -2.95. The second-order valence-electron chi connectivity index (χ2n) is 14.9. The fourth-order valence-electron chi connectivity index (χ4n) is 6.03. The molecular weight excluding hydrogens is 594 g/mol. The predicted octanol–water partition coefficient (Wildman–Crippen LogP) is 7.29. The average molecular weight is 646 g/mol. The maximum absolute atomic E-state index is 13.6. The Balaban J connectivity index is 1.74. The Hall–Kier alpha value is -2.81. The van der Waals surface area contributed by atoms with Crippen molar-refractivity contribution >= 4 is 23.5 Å². The van der Waals surface area contributed by atoms with Gasteiger partial charge in [0.05, 0.1) is 19.3 Å². The van der Waals surface area contributed by atoms with Crippen LogP contribution in [0, 0.1) is 22.7 Å². The first kappa shape index (κ1) is 36.7. The molecule has 0 saturated heterocycles. The number of carbonyl (C=O) groups excluding carboxylic acids is 2. The highest BCUT2D eigenvalue weighted by Crippen LogP contribution is 2.42. The van der Waals surface area contributed by atoms with Crippen LogP contribution in [0.2, 0.25) is 5.02 Å². The van der Waals surface area contributed by atoms with Crippen LogP contribution in [0.4, 0.5) is 0 Å². The molecule has 2 aromatic rings. The van der Waals surface area contributed by atoms with Crippen molar-refractivity contribution in [1.29, 1.82) is 0 Å². The van der Waals surface area contributed by atoms with Gasteiger partial charge < -0.3 is 29.4 Å². The van der Waals surface area contributed by atoms with Crippen LogP contribution in [0.15, 0.2) is 42.5 Å². The number of esters is 2. The van der Waals surface area contributed by atoms with Gasteiger partial charge in [0.25, 0.3) is 0 Å². The van der Waals surface area contributed by atoms with E-state index in [0.717, 1.165) is 24.0 Å². The standard InChI is InChI=1S/C36H52ClNO7/c1-23(2)18-34(6,7)21-42-32(40)36(33(41)43-22-35(8,9)19-24(3)4)44-30-14-13-26(16-31(30)45-36)15-25(5)38-20-29(39)27-11-10-12-28(37)17-27/h10-14,16-17,23-25,29,38-39H,15,18-22H2,1-9H3/t25-,29+/m1/s1. The summed E-state index contributed by atoms with van der Waals surface area (Å²) in [6.07, 6.45) is 1.54. The fourth-order valence-corrected chi connectivity index (χ4v) is 6.23. The number of aliphatic hydroxyl groups is 1. The molecule has 0 fully saturated rings. The van der Waals surface area contributed by atoms with E-state index in [1.807, 2.05) is 52.8 Å². The van der Waals surface area contributed by atoms with Crippen molar-refractivity contribution in [3.63, 3.8) is 0 Å². The molecule has 45 heavy (non-hydrogen) atoms. The van der Waals surface area contributed by atoms with Gasteiger partial charge in [-0.25, -0.2) is 9.59 Å². The van der Waals surface area contributed by atoms with Crippen LogP contribution >= 0.6 is 11.6 Å². The quantitative estimate of drug-likeness (QED) is 0.145. The van der Waals surface area contributed by atoms with Gasteiger partial charge in [0.15, 0.2) is 11.5 Å². The molecule has 0 amide bonds. The normalized spacial score (nSPS) is 15.7. The molecule has 1 heterocycles. The van der Waals surface area contributed by atoms with Gasteiger partial charge in [0, 0.05) is 17.6 Å². The van der Waals surface area contributed by atoms with E-state index in [0.29, 0.717) is 29.8 Å². The Morgan fingerprint density at radius 2 is 1.42 bits per heavy atom. The second kappa shape index (κ2) is 15.2. The first-order valence-corrected chi connectivity index (χ1v) is 16.3. The Morgan fingerprint density at radius 1 is 0.867 bits per heavy atom. The highest BCUT2D eigenvalue weighted by Gasteiger charge is 2.60. The molecule has 9 heteroatoms. The van der Waals surface area contributed by atoms with Crippen molar-refractivity contribution in [2.24, 2.45) is 22.7 Å². The summed E-state index contributed by atoms with van der Waals surface area (Å²) in [5.41, 5.74) is 1.01. The third-order valence-electron chi connectivity index (χ3n) is 7.60. The molecule has 1 aliphatic rings. The van der Waals surface area contributed by atoms with Crippen molar-refractivity contribution in [2.75, 3.05) is 19.8 Å². The van der Waals surface area contributed by atoms with Gasteiger partial charge in [-0.2, -0.15) is 0 Å². The van der Waals surface area contributed by atoms with Gasteiger partial charge in [-0.05, 0) is 84.2 Å². The number of hydrogen-bond acceptors (Lipinski definition) is 8. The molecule has 0 bridgehead atoms. The van der Waals surface area contributed by atoms with Gasteiger partial charge in [0.2, 0.25) is 0 Å². The molecule has 250 valence electrons. The van der Waals surface area contributed by atoms with Crippen LogP contribution < -0.4 is 14.8 Å². The molecule has 3 rings (SSSR count). The molecule has 2 aromatic carbocycles. The topological polar surface area (TPSA) is 103 Å². The summed E-state index contributed by atoms with van der Waals surface area (Å²) in [7, 11) is 0. The smallest absolute Gasteiger partial charge is 0.453 e. The third-order valence-corrected chi connectivity index (χ3v) is 7.83. The molecule has 1 aliphatic heterocycles. The lowest BCUT2D eigenvalue weighted by Gasteiger charge is -2.30. The lowest BCUT2D eigenvalue weighted by Crippen LogP contribution is -2.56. The number of carbonyl (C=O) groups is 2. The summed E-state index contributed by atoms with van der Waals surface area (Å²) < 4.78 is 23.4. The lowest BCUT2D eigenvalue weighted by atomic mass is 9.85. The van der Waals surface area contributed by atoms with Crippen molar-refractivity contribution in [1.82, 2.24) is 5.32 Å². The first-order chi connectivity index (χ1) is 20.9. The summed E-state index contributed by atoms with van der Waals surface area (Å²) >= 11 is 6.06. The molecule has 2 atom stereocenters. The maximum Gasteiger partial charge on any atom is 0.453 e. The summed E-state index contributed by atoms with van der Waals surface area (Å²) in [6, 6.07) is 12.4. The molecule has 0 aliphatic carbocycles. The number of halogens is 1. The molecule has 0 saturated carbocycles. The summed E-state index contributed by atoms with van der Waals surface area (Å²) in [6.45, 7) is 19.0. The van der Waals surface area contributed by atoms with Crippen LogP contribution in [-0.2, 0) is 25.5 Å². The van der Waals surface area contributed by atoms with Gasteiger partial charge in [-0.15, -0.1) is 0 Å². The van der Waals surface area contributed by atoms with Crippen molar-refractivity contribution < 1.29 is 33.6 Å². The van der Waals surface area contributed by atoms with Crippen molar-refractivity contribution in [3.05, 3.63) is 58.6 Å². The van der Waals surface area contributed by atoms with Gasteiger partial charge in [-0.1, -0.05) is 85.2 Å². The van der Waals surface area contributed by atoms with Crippen LogP contribution in [0.1, 0.15) is 92.4 Å². The molecule has 0 spiro atoms. The molecule has 8 nitrogen and oxygen atoms in total. The minimum atomic E-state index is -2.40. The number of fused-ring (bicyclic) bond motifs is 1. The van der Waals surface area contributed by atoms with E-state index in [-0.39, 0.29) is 41.6 Å². The summed E-state index contributed by atoms with van der Waals surface area (Å²) in [4.78, 5) is 27.3. The second-order valence-corrected chi connectivity index (χ2v) is 15.3. The van der Waals surface area contributed by atoms with E-state index in [9.17, 15) is 14.7 Å². The molecule has 0 radical (unpaired) electrons. The Kier molecular flexibility index (Phi) is 12.4. The highest BCUT2D eigenvalue weighted by molar-refractivity contribution is 6.30. The van der Waals surface area contributed by atoms with E-state index in [1.165, 1.54) is 0 Å². The number of nitrogens with one attached hydrogen (secondary N) is 1. The fraction of sp³-hybridized carbons (Fsp3) is 0.611. The van der Waals surface area contributed by atoms with Gasteiger partial charge in [0.1, 0.15) is 0 Å². The Bertz CT molecular complexity index is 1270. The number of ether oxygens (including phenoxy) is 4. The molecule has 0 unspecified atom stereocenters. The van der Waals surface area contributed by atoms with Gasteiger partial charge in [-0.3, -0.25) is 0 Å². The number of aliphatic hydroxyl groups excluding tert-OH is 1. The van der Waals surface area contributed by atoms with Crippen LogP contribution in [-0.4, -0.2) is 48.6 Å². The SMILES string of the molecule is CC(C)CC(C)(C)COC(=O)C1(C(=O)OCC(C)(C)CC(C)C)Oc2ccc(C[C@@H](C)NC[C@H](O)c3cccc(Cl)c3)cc2O1. The van der Waals surface area contributed by atoms with E-state index < -0.39 is 23.8 Å². The minimum absolute atomic E-state index is 0.00901.